The maximum atomic E-state index is 11.7. The molecule has 0 amide bonds. The Hall–Kier alpha value is -2.11. The van der Waals surface area contributed by atoms with Crippen LogP contribution >= 0.6 is 16.3 Å². The summed E-state index contributed by atoms with van der Waals surface area (Å²) in [6, 6.07) is 17.0. The van der Waals surface area contributed by atoms with Gasteiger partial charge in [0.05, 0.1) is 27.9 Å². The van der Waals surface area contributed by atoms with E-state index in [1.54, 1.807) is 6.07 Å². The van der Waals surface area contributed by atoms with Crippen molar-refractivity contribution in [1.82, 2.24) is 4.98 Å². The van der Waals surface area contributed by atoms with Gasteiger partial charge in [-0.1, -0.05) is 36.4 Å². The maximum absolute atomic E-state index is 11.7. The average Bonchev–Trinajstić information content (AvgIpc) is 2.59. The van der Waals surface area contributed by atoms with Gasteiger partial charge in [-0.2, -0.15) is 0 Å². The number of nitrogens with one attached hydrogen (secondary N) is 1. The minimum atomic E-state index is -0.161. The SMILES string of the molecule is CC(OBr)c1ccc(OCc2ccccc2)c2[nH]c(=O)ccc12. The standard InChI is InChI=1S/C18H16BrNO3/c1-12(23-19)14-7-9-16(18-15(14)8-10-17(21)20-18)22-11-13-5-3-2-4-6-13/h2-10,12H,11H2,1H3,(H,20,21). The first kappa shape index (κ1) is 15.8. The van der Waals surface area contributed by atoms with Crippen LogP contribution < -0.4 is 10.3 Å². The number of rotatable bonds is 5. The summed E-state index contributed by atoms with van der Waals surface area (Å²) in [5.74, 6) is 0.645. The number of H-pyrrole nitrogens is 1. The Morgan fingerprint density at radius 3 is 2.61 bits per heavy atom. The molecule has 2 aromatic carbocycles. The van der Waals surface area contributed by atoms with E-state index >= 15 is 0 Å². The van der Waals surface area contributed by atoms with Crippen molar-refractivity contribution in [1.29, 1.82) is 0 Å². The van der Waals surface area contributed by atoms with Gasteiger partial charge in [0.1, 0.15) is 12.4 Å². The van der Waals surface area contributed by atoms with Crippen molar-refractivity contribution in [2.45, 2.75) is 19.6 Å². The van der Waals surface area contributed by atoms with E-state index in [2.05, 4.69) is 21.2 Å². The van der Waals surface area contributed by atoms with Crippen LogP contribution in [-0.2, 0) is 10.4 Å². The first-order valence-corrected chi connectivity index (χ1v) is 7.94. The molecule has 1 unspecified atom stereocenters. The molecule has 3 rings (SSSR count). The molecule has 23 heavy (non-hydrogen) atoms. The minimum Gasteiger partial charge on any atom is -0.487 e. The number of ether oxygens (including phenoxy) is 1. The summed E-state index contributed by atoms with van der Waals surface area (Å²) in [6.45, 7) is 2.37. The fraction of sp³-hybridized carbons (Fsp3) is 0.167. The van der Waals surface area contributed by atoms with E-state index in [0.29, 0.717) is 17.9 Å². The lowest BCUT2D eigenvalue weighted by Crippen LogP contribution is -2.06. The minimum absolute atomic E-state index is 0.147. The number of benzene rings is 2. The third-order valence-electron chi connectivity index (χ3n) is 3.70. The molecule has 0 aliphatic carbocycles. The van der Waals surface area contributed by atoms with Crippen molar-refractivity contribution in [3.05, 3.63) is 76.1 Å². The fourth-order valence-corrected chi connectivity index (χ4v) is 2.71. The van der Waals surface area contributed by atoms with Gasteiger partial charge in [0, 0.05) is 11.5 Å². The Labute approximate surface area is 142 Å². The van der Waals surface area contributed by atoms with Gasteiger partial charge in [0.25, 0.3) is 0 Å². The van der Waals surface area contributed by atoms with Crippen LogP contribution in [0, 0.1) is 0 Å². The third kappa shape index (κ3) is 3.46. The molecule has 1 aromatic heterocycles. The van der Waals surface area contributed by atoms with E-state index in [1.807, 2.05) is 49.4 Å². The molecule has 5 heteroatoms. The second-order valence-corrected chi connectivity index (χ2v) is 5.64. The summed E-state index contributed by atoms with van der Waals surface area (Å²) in [7, 11) is 0. The zero-order valence-electron chi connectivity index (χ0n) is 12.6. The number of hydrogen-bond acceptors (Lipinski definition) is 3. The molecule has 1 atom stereocenters. The maximum Gasteiger partial charge on any atom is 0.248 e. The molecule has 0 aliphatic rings. The monoisotopic (exact) mass is 373 g/mol. The van der Waals surface area contributed by atoms with Crippen LogP contribution in [0.1, 0.15) is 24.2 Å². The zero-order chi connectivity index (χ0) is 16.2. The van der Waals surface area contributed by atoms with Gasteiger partial charge >= 0.3 is 0 Å². The smallest absolute Gasteiger partial charge is 0.248 e. The zero-order valence-corrected chi connectivity index (χ0v) is 14.2. The van der Waals surface area contributed by atoms with E-state index in [9.17, 15) is 4.79 Å². The molecular weight excluding hydrogens is 358 g/mol. The van der Waals surface area contributed by atoms with Gasteiger partial charge in [0.15, 0.2) is 0 Å². The Bertz CT molecular complexity index is 861. The molecule has 118 valence electrons. The Morgan fingerprint density at radius 2 is 1.87 bits per heavy atom. The largest absolute Gasteiger partial charge is 0.487 e. The van der Waals surface area contributed by atoms with Crippen molar-refractivity contribution < 1.29 is 8.57 Å². The van der Waals surface area contributed by atoms with E-state index in [1.165, 1.54) is 6.07 Å². The predicted octanol–water partition coefficient (Wildman–Crippen LogP) is 4.49. The van der Waals surface area contributed by atoms with Crippen LogP contribution in [0.15, 0.2) is 59.4 Å². The van der Waals surface area contributed by atoms with Crippen molar-refractivity contribution in [2.75, 3.05) is 0 Å². The average molecular weight is 374 g/mol. The molecule has 0 spiro atoms. The first-order chi connectivity index (χ1) is 11.2. The van der Waals surface area contributed by atoms with E-state index < -0.39 is 0 Å². The quantitative estimate of drug-likeness (QED) is 0.716. The molecule has 0 fully saturated rings. The highest BCUT2D eigenvalue weighted by atomic mass is 79.9. The summed E-state index contributed by atoms with van der Waals surface area (Å²) < 4.78 is 11.1. The van der Waals surface area contributed by atoms with Gasteiger partial charge in [-0.15, -0.1) is 0 Å². The van der Waals surface area contributed by atoms with Crippen molar-refractivity contribution in [3.8, 4) is 5.75 Å². The molecule has 0 aliphatic heterocycles. The van der Waals surface area contributed by atoms with Crippen LogP contribution in [0.2, 0.25) is 0 Å². The van der Waals surface area contributed by atoms with E-state index in [-0.39, 0.29) is 11.7 Å². The number of aromatic amines is 1. The molecule has 0 bridgehead atoms. The molecular formula is C18H16BrNO3. The second kappa shape index (κ2) is 6.98. The molecule has 1 N–H and O–H groups in total. The number of fused-ring (bicyclic) bond motifs is 1. The normalized spacial score (nSPS) is 12.3. The lowest BCUT2D eigenvalue weighted by Gasteiger charge is -2.15. The summed E-state index contributed by atoms with van der Waals surface area (Å²) in [6.07, 6.45) is -0.147. The molecule has 0 saturated heterocycles. The van der Waals surface area contributed by atoms with Gasteiger partial charge in [-0.05, 0) is 30.2 Å². The lowest BCUT2D eigenvalue weighted by atomic mass is 10.0. The van der Waals surface area contributed by atoms with E-state index in [4.69, 9.17) is 8.57 Å². The van der Waals surface area contributed by atoms with E-state index in [0.717, 1.165) is 16.5 Å². The first-order valence-electron chi connectivity index (χ1n) is 7.29. The Balaban J connectivity index is 2.00. The fourth-order valence-electron chi connectivity index (χ4n) is 2.51. The van der Waals surface area contributed by atoms with Crippen LogP contribution in [0.25, 0.3) is 10.9 Å². The van der Waals surface area contributed by atoms with Gasteiger partial charge in [-0.3, -0.25) is 4.79 Å². The summed E-state index contributed by atoms with van der Waals surface area (Å²) in [4.78, 5) is 14.6. The van der Waals surface area contributed by atoms with Gasteiger partial charge in [-0.25, -0.2) is 0 Å². The highest BCUT2D eigenvalue weighted by Gasteiger charge is 2.13. The van der Waals surface area contributed by atoms with Crippen LogP contribution in [0.4, 0.5) is 0 Å². The highest BCUT2D eigenvalue weighted by molar-refractivity contribution is 9.06. The molecule has 0 radical (unpaired) electrons. The van der Waals surface area contributed by atoms with Gasteiger partial charge < -0.3 is 13.5 Å². The molecule has 4 nitrogen and oxygen atoms in total. The number of halogens is 1. The Morgan fingerprint density at radius 1 is 1.09 bits per heavy atom. The number of hydrogen-bond donors (Lipinski definition) is 1. The third-order valence-corrected chi connectivity index (χ3v) is 4.26. The van der Waals surface area contributed by atoms with Crippen molar-refractivity contribution in [2.24, 2.45) is 0 Å². The van der Waals surface area contributed by atoms with Crippen molar-refractivity contribution >= 4 is 27.2 Å². The summed E-state index contributed by atoms with van der Waals surface area (Å²) in [5.41, 5.74) is 2.56. The predicted molar refractivity (Wildman–Crippen MR) is 93.8 cm³/mol. The van der Waals surface area contributed by atoms with Gasteiger partial charge in [0.2, 0.25) is 5.56 Å². The second-order valence-electron chi connectivity index (χ2n) is 5.27. The summed E-state index contributed by atoms with van der Waals surface area (Å²) >= 11 is 3.03. The topological polar surface area (TPSA) is 51.3 Å². The van der Waals surface area contributed by atoms with Crippen molar-refractivity contribution in [3.63, 3.8) is 0 Å². The summed E-state index contributed by atoms with van der Waals surface area (Å²) in [5, 5.41) is 0.905. The highest BCUT2D eigenvalue weighted by Crippen LogP contribution is 2.32. The number of aromatic nitrogens is 1. The molecule has 3 aromatic rings. The molecule has 0 saturated carbocycles. The Kier molecular flexibility index (Phi) is 4.79. The van der Waals surface area contributed by atoms with Crippen LogP contribution in [-0.4, -0.2) is 4.98 Å². The molecule has 1 heterocycles. The van der Waals surface area contributed by atoms with Crippen LogP contribution in [0.5, 0.6) is 5.75 Å². The lowest BCUT2D eigenvalue weighted by molar-refractivity contribution is 0.292. The van der Waals surface area contributed by atoms with Crippen LogP contribution in [0.3, 0.4) is 0 Å². The number of pyridine rings is 1.